The third-order valence-electron chi connectivity index (χ3n) is 14.4. The number of hydrogen-bond donors (Lipinski definition) is 3. The second-order valence-electron chi connectivity index (χ2n) is 21.4. The summed E-state index contributed by atoms with van der Waals surface area (Å²) < 4.78 is 5.47. The van der Waals surface area contributed by atoms with Crippen molar-refractivity contribution in [2.45, 2.75) is 347 Å². The summed E-state index contributed by atoms with van der Waals surface area (Å²) in [6.07, 6.45) is 74.7. The molecule has 0 aliphatic rings. The second kappa shape index (κ2) is 59.6. The molecule has 0 aromatic heterocycles. The first kappa shape index (κ1) is 68.1. The number of rotatable bonds is 58. The van der Waals surface area contributed by atoms with E-state index in [-0.39, 0.29) is 18.5 Å². The summed E-state index contributed by atoms with van der Waals surface area (Å²) >= 11 is 0. The van der Waals surface area contributed by atoms with E-state index in [1.807, 2.05) is 6.08 Å². The minimum Gasteiger partial charge on any atom is -0.466 e. The zero-order valence-corrected chi connectivity index (χ0v) is 47.0. The fourth-order valence-corrected chi connectivity index (χ4v) is 9.57. The molecule has 0 heterocycles. The highest BCUT2D eigenvalue weighted by molar-refractivity contribution is 5.76. The van der Waals surface area contributed by atoms with Gasteiger partial charge in [-0.3, -0.25) is 9.59 Å². The van der Waals surface area contributed by atoms with Gasteiger partial charge in [-0.05, 0) is 83.5 Å². The lowest BCUT2D eigenvalue weighted by atomic mass is 10.0. The lowest BCUT2D eigenvalue weighted by Crippen LogP contribution is -2.45. The molecule has 0 spiro atoms. The Bertz CT molecular complexity index is 1130. The fraction of sp³-hybridized carbons (Fsp3) is 0.875. The van der Waals surface area contributed by atoms with Gasteiger partial charge in [-0.15, -0.1) is 0 Å². The van der Waals surface area contributed by atoms with Crippen molar-refractivity contribution >= 4 is 11.9 Å². The molecule has 0 bridgehead atoms. The molecule has 0 radical (unpaired) electrons. The molecule has 2 unspecified atom stereocenters. The van der Waals surface area contributed by atoms with Crippen molar-refractivity contribution in [3.63, 3.8) is 0 Å². The molecule has 70 heavy (non-hydrogen) atoms. The summed E-state index contributed by atoms with van der Waals surface area (Å²) in [6.45, 7) is 4.87. The first-order chi connectivity index (χ1) is 34.5. The van der Waals surface area contributed by atoms with Gasteiger partial charge in [0.25, 0.3) is 0 Å². The molecule has 0 saturated carbocycles. The lowest BCUT2D eigenvalue weighted by Gasteiger charge is -2.19. The average Bonchev–Trinajstić information content (AvgIpc) is 3.36. The molecule has 1 amide bonds. The van der Waals surface area contributed by atoms with Gasteiger partial charge in [0, 0.05) is 12.8 Å². The van der Waals surface area contributed by atoms with Crippen molar-refractivity contribution in [1.82, 2.24) is 5.32 Å². The van der Waals surface area contributed by atoms with Gasteiger partial charge in [0.1, 0.15) is 0 Å². The van der Waals surface area contributed by atoms with Crippen molar-refractivity contribution < 1.29 is 24.5 Å². The zero-order chi connectivity index (χ0) is 50.7. The van der Waals surface area contributed by atoms with Crippen molar-refractivity contribution in [2.75, 3.05) is 13.2 Å². The van der Waals surface area contributed by atoms with Crippen LogP contribution in [0.5, 0.6) is 0 Å². The molecule has 3 N–H and O–H groups in total. The van der Waals surface area contributed by atoms with Crippen molar-refractivity contribution in [3.8, 4) is 0 Å². The van der Waals surface area contributed by atoms with Crippen molar-refractivity contribution in [3.05, 3.63) is 36.5 Å². The average molecular weight is 985 g/mol. The summed E-state index contributed by atoms with van der Waals surface area (Å²) in [6, 6.07) is -0.650. The molecule has 0 rings (SSSR count). The fourth-order valence-electron chi connectivity index (χ4n) is 9.57. The van der Waals surface area contributed by atoms with Gasteiger partial charge in [-0.25, -0.2) is 0 Å². The van der Waals surface area contributed by atoms with Crippen molar-refractivity contribution in [1.29, 1.82) is 0 Å². The Balaban J connectivity index is 3.52. The maximum atomic E-state index is 12.5. The van der Waals surface area contributed by atoms with E-state index in [4.69, 9.17) is 4.74 Å². The van der Waals surface area contributed by atoms with Crippen LogP contribution < -0.4 is 5.32 Å². The van der Waals surface area contributed by atoms with Crippen LogP contribution >= 0.6 is 0 Å². The van der Waals surface area contributed by atoms with E-state index >= 15 is 0 Å². The van der Waals surface area contributed by atoms with E-state index in [9.17, 15) is 19.8 Å². The first-order valence-corrected chi connectivity index (χ1v) is 31.3. The Hall–Kier alpha value is -1.92. The van der Waals surface area contributed by atoms with Gasteiger partial charge in [0.15, 0.2) is 0 Å². The highest BCUT2D eigenvalue weighted by atomic mass is 16.5. The summed E-state index contributed by atoms with van der Waals surface area (Å²) in [7, 11) is 0. The van der Waals surface area contributed by atoms with Gasteiger partial charge < -0.3 is 20.3 Å². The molecule has 2 atom stereocenters. The Morgan fingerprint density at radius 1 is 0.386 bits per heavy atom. The second-order valence-corrected chi connectivity index (χ2v) is 21.4. The normalized spacial score (nSPS) is 12.8. The van der Waals surface area contributed by atoms with Gasteiger partial charge >= 0.3 is 5.97 Å². The molecule has 6 nitrogen and oxygen atoms in total. The number of carbonyl (C=O) groups is 2. The highest BCUT2D eigenvalue weighted by Gasteiger charge is 2.18. The molecule has 0 aliphatic carbocycles. The number of allylic oxidation sites excluding steroid dienone is 5. The van der Waals surface area contributed by atoms with Crippen LogP contribution in [0.4, 0.5) is 0 Å². The lowest BCUT2D eigenvalue weighted by molar-refractivity contribution is -0.143. The maximum absolute atomic E-state index is 12.5. The van der Waals surface area contributed by atoms with E-state index in [1.54, 1.807) is 6.08 Å². The summed E-state index contributed by atoms with van der Waals surface area (Å²) in [4.78, 5) is 24.6. The molecule has 0 aliphatic heterocycles. The molecule has 0 aromatic rings. The number of nitrogens with one attached hydrogen (secondary N) is 1. The smallest absolute Gasteiger partial charge is 0.305 e. The van der Waals surface area contributed by atoms with Crippen LogP contribution in [0.2, 0.25) is 0 Å². The Morgan fingerprint density at radius 2 is 0.671 bits per heavy atom. The molecule has 6 heteroatoms. The quantitative estimate of drug-likeness (QED) is 0.0321. The number of esters is 1. The van der Waals surface area contributed by atoms with Crippen molar-refractivity contribution in [2.24, 2.45) is 0 Å². The summed E-state index contributed by atoms with van der Waals surface area (Å²) in [5, 5.41) is 23.2. The van der Waals surface area contributed by atoms with Gasteiger partial charge in [0.05, 0.1) is 25.4 Å². The van der Waals surface area contributed by atoms with Gasteiger partial charge in [-0.2, -0.15) is 0 Å². The number of hydrogen-bond acceptors (Lipinski definition) is 5. The molecular formula is C64H121NO5. The molecule has 0 saturated heterocycles. The molecule has 0 aromatic carbocycles. The standard InChI is InChI=1S/C64H121NO5/c1-3-5-7-9-11-13-15-17-19-21-22-23-24-25-26-27-28-29-32-36-40-44-48-52-56-62(67)61(60-66)65-63(68)57-53-49-45-41-37-33-31-35-39-43-47-51-55-59-70-64(69)58-54-50-46-42-38-34-30-20-18-16-14-12-10-8-6-4-2/h20,30,33,37,52,56,61-62,66-67H,3-19,21-29,31-32,34-36,38-51,53-55,57-60H2,1-2H3,(H,65,68)/b30-20-,37-33-,56-52+. The van der Waals surface area contributed by atoms with Crippen LogP contribution in [0, 0.1) is 0 Å². The third-order valence-corrected chi connectivity index (χ3v) is 14.4. The van der Waals surface area contributed by atoms with Crippen LogP contribution in [0.25, 0.3) is 0 Å². The third kappa shape index (κ3) is 55.4. The van der Waals surface area contributed by atoms with Crippen LogP contribution in [-0.4, -0.2) is 47.4 Å². The van der Waals surface area contributed by atoms with E-state index in [2.05, 4.69) is 43.5 Å². The van der Waals surface area contributed by atoms with Gasteiger partial charge in [0.2, 0.25) is 5.91 Å². The number of aliphatic hydroxyl groups excluding tert-OH is 2. The number of unbranched alkanes of at least 4 members (excludes halogenated alkanes) is 43. The van der Waals surface area contributed by atoms with Gasteiger partial charge in [-0.1, -0.05) is 275 Å². The highest BCUT2D eigenvalue weighted by Crippen LogP contribution is 2.17. The van der Waals surface area contributed by atoms with E-state index in [0.717, 1.165) is 70.6 Å². The summed E-state index contributed by atoms with van der Waals surface area (Å²) in [5.74, 6) is -0.116. The topological polar surface area (TPSA) is 95.9 Å². The van der Waals surface area contributed by atoms with Crippen LogP contribution in [0.3, 0.4) is 0 Å². The molecular weight excluding hydrogens is 863 g/mol. The van der Waals surface area contributed by atoms with Crippen LogP contribution in [0.15, 0.2) is 36.5 Å². The monoisotopic (exact) mass is 984 g/mol. The number of carbonyl (C=O) groups excluding carboxylic acids is 2. The van der Waals surface area contributed by atoms with E-state index in [0.29, 0.717) is 19.4 Å². The SMILES string of the molecule is CCCCCCCCC/C=C\CCCCCCCC(=O)OCCCCCCCC/C=C\CCCCCC(=O)NC(CO)C(O)/C=C/CCCCCCCCCCCCCCCCCCCCCCCC. The minimum absolute atomic E-state index is 0.0209. The maximum Gasteiger partial charge on any atom is 0.305 e. The largest absolute Gasteiger partial charge is 0.466 e. The van der Waals surface area contributed by atoms with Crippen LogP contribution in [-0.2, 0) is 14.3 Å². The Morgan fingerprint density at radius 3 is 1.03 bits per heavy atom. The van der Waals surface area contributed by atoms with Crippen LogP contribution in [0.1, 0.15) is 335 Å². The van der Waals surface area contributed by atoms with E-state index < -0.39 is 12.1 Å². The first-order valence-electron chi connectivity index (χ1n) is 31.3. The van der Waals surface area contributed by atoms with E-state index in [1.165, 1.54) is 238 Å². The summed E-state index contributed by atoms with van der Waals surface area (Å²) in [5.41, 5.74) is 0. The predicted octanol–water partition coefficient (Wildman–Crippen LogP) is 19.6. The number of amides is 1. The Labute approximate surface area is 436 Å². The molecule has 412 valence electrons. The predicted molar refractivity (Wildman–Crippen MR) is 306 cm³/mol. The zero-order valence-electron chi connectivity index (χ0n) is 47.0. The number of aliphatic hydroxyl groups is 2. The minimum atomic E-state index is -0.864. The molecule has 0 fully saturated rings. The Kier molecular flexibility index (Phi) is 58.0. The number of ether oxygens (including phenoxy) is 1.